The van der Waals surface area contributed by atoms with E-state index in [4.69, 9.17) is 5.73 Å². The third kappa shape index (κ3) is 4.82. The van der Waals surface area contributed by atoms with E-state index in [1.807, 2.05) is 12.1 Å². The van der Waals surface area contributed by atoms with Gasteiger partial charge in [-0.1, -0.05) is 53.7 Å². The molecule has 0 aliphatic carbocycles. The van der Waals surface area contributed by atoms with Gasteiger partial charge in [-0.15, -0.1) is 0 Å². The number of benzene rings is 1. The van der Waals surface area contributed by atoms with Crippen LogP contribution in [0.3, 0.4) is 0 Å². The number of hydrogen-bond acceptors (Lipinski definition) is 2. The standard InChI is InChI=1S/C18H32N2/c1-13(2)17(14(3)4)11-20-12-18(5,6)15-7-9-16(19)10-8-15/h7-10,13-14,17,20H,11-12,19H2,1-6H3. The van der Waals surface area contributed by atoms with Gasteiger partial charge in [0.15, 0.2) is 0 Å². The van der Waals surface area contributed by atoms with Gasteiger partial charge in [-0.2, -0.15) is 0 Å². The van der Waals surface area contributed by atoms with Crippen molar-refractivity contribution in [3.63, 3.8) is 0 Å². The molecule has 0 unspecified atom stereocenters. The first-order valence-corrected chi connectivity index (χ1v) is 7.81. The molecule has 2 heteroatoms. The molecule has 2 nitrogen and oxygen atoms in total. The summed E-state index contributed by atoms with van der Waals surface area (Å²) in [6, 6.07) is 8.25. The van der Waals surface area contributed by atoms with Crippen molar-refractivity contribution in [2.45, 2.75) is 47.0 Å². The van der Waals surface area contributed by atoms with Crippen LogP contribution in [-0.2, 0) is 5.41 Å². The molecule has 1 aromatic carbocycles. The molecule has 114 valence electrons. The molecular weight excluding hydrogens is 244 g/mol. The lowest BCUT2D eigenvalue weighted by Crippen LogP contribution is -2.38. The van der Waals surface area contributed by atoms with Gasteiger partial charge < -0.3 is 11.1 Å². The Morgan fingerprint density at radius 1 is 1.00 bits per heavy atom. The fourth-order valence-corrected chi connectivity index (χ4v) is 2.83. The van der Waals surface area contributed by atoms with E-state index in [-0.39, 0.29) is 5.41 Å². The lowest BCUT2D eigenvalue weighted by molar-refractivity contribution is 0.269. The normalized spacial score (nSPS) is 12.7. The molecule has 3 N–H and O–H groups in total. The lowest BCUT2D eigenvalue weighted by Gasteiger charge is -2.30. The summed E-state index contributed by atoms with van der Waals surface area (Å²) in [5.41, 5.74) is 8.06. The molecule has 0 aliphatic rings. The van der Waals surface area contributed by atoms with Crippen LogP contribution in [0.15, 0.2) is 24.3 Å². The minimum absolute atomic E-state index is 0.131. The van der Waals surface area contributed by atoms with Crippen molar-refractivity contribution in [3.8, 4) is 0 Å². The molecule has 0 aliphatic heterocycles. The fourth-order valence-electron chi connectivity index (χ4n) is 2.83. The van der Waals surface area contributed by atoms with E-state index in [0.717, 1.165) is 36.5 Å². The smallest absolute Gasteiger partial charge is 0.0314 e. The highest BCUT2D eigenvalue weighted by Gasteiger charge is 2.22. The maximum absolute atomic E-state index is 5.76. The van der Waals surface area contributed by atoms with Crippen molar-refractivity contribution >= 4 is 5.69 Å². The lowest BCUT2D eigenvalue weighted by atomic mass is 9.83. The summed E-state index contributed by atoms with van der Waals surface area (Å²) >= 11 is 0. The second-order valence-electron chi connectivity index (χ2n) is 7.29. The number of rotatable bonds is 7. The first-order valence-electron chi connectivity index (χ1n) is 7.81. The molecule has 1 aromatic rings. The van der Waals surface area contributed by atoms with E-state index in [9.17, 15) is 0 Å². The maximum atomic E-state index is 5.76. The van der Waals surface area contributed by atoms with Crippen molar-refractivity contribution < 1.29 is 0 Å². The average molecular weight is 276 g/mol. The van der Waals surface area contributed by atoms with Gasteiger partial charge in [0.25, 0.3) is 0 Å². The number of nitrogens with two attached hydrogens (primary N) is 1. The molecule has 0 bridgehead atoms. The summed E-state index contributed by atoms with van der Waals surface area (Å²) in [7, 11) is 0. The van der Waals surface area contributed by atoms with E-state index in [1.54, 1.807) is 0 Å². The Balaban J connectivity index is 2.57. The molecule has 0 aromatic heterocycles. The van der Waals surface area contributed by atoms with E-state index in [2.05, 4.69) is 59.0 Å². The van der Waals surface area contributed by atoms with Gasteiger partial charge in [-0.25, -0.2) is 0 Å². The Morgan fingerprint density at radius 3 is 1.95 bits per heavy atom. The minimum Gasteiger partial charge on any atom is -0.399 e. The predicted molar refractivity (Wildman–Crippen MR) is 89.9 cm³/mol. The molecule has 0 saturated carbocycles. The maximum Gasteiger partial charge on any atom is 0.0314 e. The zero-order valence-corrected chi connectivity index (χ0v) is 14.0. The van der Waals surface area contributed by atoms with Crippen molar-refractivity contribution in [1.82, 2.24) is 5.32 Å². The number of anilines is 1. The molecule has 0 amide bonds. The Kier molecular flexibility index (Phi) is 6.07. The Morgan fingerprint density at radius 2 is 1.50 bits per heavy atom. The summed E-state index contributed by atoms with van der Waals surface area (Å²) < 4.78 is 0. The van der Waals surface area contributed by atoms with Crippen molar-refractivity contribution in [3.05, 3.63) is 29.8 Å². The molecule has 20 heavy (non-hydrogen) atoms. The molecule has 0 radical (unpaired) electrons. The zero-order valence-electron chi connectivity index (χ0n) is 14.0. The number of hydrogen-bond donors (Lipinski definition) is 2. The van der Waals surface area contributed by atoms with Crippen LogP contribution in [0.25, 0.3) is 0 Å². The third-order valence-corrected chi connectivity index (χ3v) is 4.35. The minimum atomic E-state index is 0.131. The summed E-state index contributed by atoms with van der Waals surface area (Å²) in [5, 5.41) is 3.67. The second kappa shape index (κ2) is 7.12. The Hall–Kier alpha value is -1.02. The Labute approximate surface area is 125 Å². The van der Waals surface area contributed by atoms with Crippen LogP contribution in [0.2, 0.25) is 0 Å². The first kappa shape index (κ1) is 17.0. The quantitative estimate of drug-likeness (QED) is 0.737. The van der Waals surface area contributed by atoms with E-state index < -0.39 is 0 Å². The number of nitrogen functional groups attached to an aromatic ring is 1. The molecule has 0 spiro atoms. The van der Waals surface area contributed by atoms with Crippen molar-refractivity contribution in [2.75, 3.05) is 18.8 Å². The summed E-state index contributed by atoms with van der Waals surface area (Å²) in [5.74, 6) is 2.18. The molecule has 0 saturated heterocycles. The van der Waals surface area contributed by atoms with Crippen LogP contribution in [0.5, 0.6) is 0 Å². The third-order valence-electron chi connectivity index (χ3n) is 4.35. The largest absolute Gasteiger partial charge is 0.399 e. The van der Waals surface area contributed by atoms with Crippen LogP contribution in [-0.4, -0.2) is 13.1 Å². The summed E-state index contributed by atoms with van der Waals surface area (Å²) in [4.78, 5) is 0. The van der Waals surface area contributed by atoms with Crippen LogP contribution in [0.4, 0.5) is 5.69 Å². The van der Waals surface area contributed by atoms with Crippen LogP contribution in [0, 0.1) is 17.8 Å². The highest BCUT2D eigenvalue weighted by molar-refractivity contribution is 5.41. The molecule has 0 atom stereocenters. The van der Waals surface area contributed by atoms with Gasteiger partial charge in [0.1, 0.15) is 0 Å². The van der Waals surface area contributed by atoms with Gasteiger partial charge in [0, 0.05) is 17.6 Å². The molecule has 0 heterocycles. The van der Waals surface area contributed by atoms with Crippen LogP contribution in [0.1, 0.15) is 47.1 Å². The topological polar surface area (TPSA) is 38.0 Å². The van der Waals surface area contributed by atoms with Crippen LogP contribution >= 0.6 is 0 Å². The van der Waals surface area contributed by atoms with E-state index in [1.165, 1.54) is 5.56 Å². The Bertz CT molecular complexity index is 382. The number of nitrogens with one attached hydrogen (secondary N) is 1. The van der Waals surface area contributed by atoms with Gasteiger partial charge in [0.2, 0.25) is 0 Å². The SMILES string of the molecule is CC(C)C(CNCC(C)(C)c1ccc(N)cc1)C(C)C. The molecular formula is C18H32N2. The highest BCUT2D eigenvalue weighted by atomic mass is 14.9. The van der Waals surface area contributed by atoms with Gasteiger partial charge in [-0.05, 0) is 42.0 Å². The first-order chi connectivity index (χ1) is 9.24. The van der Waals surface area contributed by atoms with Gasteiger partial charge in [-0.3, -0.25) is 0 Å². The average Bonchev–Trinajstić information content (AvgIpc) is 2.34. The predicted octanol–water partition coefficient (Wildman–Crippen LogP) is 4.06. The second-order valence-corrected chi connectivity index (χ2v) is 7.29. The highest BCUT2D eigenvalue weighted by Crippen LogP contribution is 2.24. The van der Waals surface area contributed by atoms with Crippen LogP contribution < -0.4 is 11.1 Å². The van der Waals surface area contributed by atoms with Gasteiger partial charge >= 0.3 is 0 Å². The van der Waals surface area contributed by atoms with E-state index in [0.29, 0.717) is 0 Å². The monoisotopic (exact) mass is 276 g/mol. The van der Waals surface area contributed by atoms with Gasteiger partial charge in [0.05, 0.1) is 0 Å². The molecule has 0 fully saturated rings. The summed E-state index contributed by atoms with van der Waals surface area (Å²) in [6.45, 7) is 15.9. The van der Waals surface area contributed by atoms with Crippen molar-refractivity contribution in [1.29, 1.82) is 0 Å². The van der Waals surface area contributed by atoms with E-state index >= 15 is 0 Å². The fraction of sp³-hybridized carbons (Fsp3) is 0.667. The summed E-state index contributed by atoms with van der Waals surface area (Å²) in [6.07, 6.45) is 0. The zero-order chi connectivity index (χ0) is 15.3. The molecule has 1 rings (SSSR count). The van der Waals surface area contributed by atoms with Crippen molar-refractivity contribution in [2.24, 2.45) is 17.8 Å².